The second-order valence-corrected chi connectivity index (χ2v) is 8.20. The number of methoxy groups -OCH3 is 1. The number of hydrogen-bond donors (Lipinski definition) is 2. The minimum Gasteiger partial charge on any atom is -0.497 e. The van der Waals surface area contributed by atoms with Gasteiger partial charge in [-0.3, -0.25) is 9.78 Å². The molecule has 3 aromatic rings. The Kier molecular flexibility index (Phi) is 5.68. The largest absolute Gasteiger partial charge is 0.497 e. The summed E-state index contributed by atoms with van der Waals surface area (Å²) >= 11 is 0. The van der Waals surface area contributed by atoms with E-state index in [9.17, 15) is 9.90 Å². The molecule has 33 heavy (non-hydrogen) atoms. The number of hydrogen-bond acceptors (Lipinski definition) is 6. The van der Waals surface area contributed by atoms with Crippen LogP contribution in [0.5, 0.6) is 5.75 Å². The number of aromatic nitrogens is 2. The Morgan fingerprint density at radius 1 is 1.18 bits per heavy atom. The molecule has 2 aliphatic rings. The molecule has 166 valence electrons. The topological polar surface area (TPSA) is 87.6 Å². The highest BCUT2D eigenvalue weighted by Crippen LogP contribution is 2.46. The molecule has 1 amide bonds. The number of nitrogens with one attached hydrogen (secondary N) is 1. The normalized spacial score (nSPS) is 20.7. The third-order valence-electron chi connectivity index (χ3n) is 6.35. The quantitative estimate of drug-likeness (QED) is 0.609. The average molecular weight is 441 g/mol. The lowest BCUT2D eigenvalue weighted by atomic mass is 9.82. The summed E-state index contributed by atoms with van der Waals surface area (Å²) in [4.78, 5) is 23.4. The molecule has 2 N–H and O–H groups in total. The van der Waals surface area contributed by atoms with Gasteiger partial charge in [-0.15, -0.1) is 0 Å². The van der Waals surface area contributed by atoms with Gasteiger partial charge in [0.2, 0.25) is 0 Å². The summed E-state index contributed by atoms with van der Waals surface area (Å²) in [5, 5.41) is 13.4. The van der Waals surface area contributed by atoms with Crippen LogP contribution in [0.2, 0.25) is 0 Å². The fraction of sp³-hybridized carbons (Fsp3) is 0.269. The van der Waals surface area contributed by atoms with Gasteiger partial charge < -0.3 is 20.1 Å². The minimum atomic E-state index is -0.157. The van der Waals surface area contributed by atoms with Gasteiger partial charge >= 0.3 is 0 Å². The summed E-state index contributed by atoms with van der Waals surface area (Å²) in [6.07, 6.45) is 5.38. The third kappa shape index (κ3) is 4.01. The van der Waals surface area contributed by atoms with Crippen molar-refractivity contribution in [2.45, 2.75) is 18.5 Å². The Balaban J connectivity index is 1.49. The number of fused-ring (bicyclic) bond motifs is 3. The molecule has 0 bridgehead atoms. The van der Waals surface area contributed by atoms with Crippen molar-refractivity contribution in [3.63, 3.8) is 0 Å². The summed E-state index contributed by atoms with van der Waals surface area (Å²) in [5.74, 6) is 7.18. The predicted molar refractivity (Wildman–Crippen MR) is 124 cm³/mol. The number of rotatable bonds is 3. The van der Waals surface area contributed by atoms with E-state index >= 15 is 0 Å². The Morgan fingerprint density at radius 2 is 1.97 bits per heavy atom. The maximum absolute atomic E-state index is 13.3. The van der Waals surface area contributed by atoms with Gasteiger partial charge in [0.25, 0.3) is 5.91 Å². The van der Waals surface area contributed by atoms with Crippen LogP contribution in [0.4, 0.5) is 5.69 Å². The zero-order valence-corrected chi connectivity index (χ0v) is 18.2. The van der Waals surface area contributed by atoms with E-state index < -0.39 is 0 Å². The van der Waals surface area contributed by atoms with Crippen LogP contribution in [0, 0.1) is 17.8 Å². The zero-order valence-electron chi connectivity index (χ0n) is 18.2. The van der Waals surface area contributed by atoms with Gasteiger partial charge in [-0.25, -0.2) is 4.98 Å². The van der Waals surface area contributed by atoms with E-state index in [1.54, 1.807) is 13.3 Å². The first-order valence-corrected chi connectivity index (χ1v) is 10.9. The molecule has 1 saturated heterocycles. The fourth-order valence-corrected chi connectivity index (χ4v) is 4.74. The van der Waals surface area contributed by atoms with E-state index in [-0.39, 0.29) is 30.5 Å². The molecule has 0 radical (unpaired) electrons. The lowest BCUT2D eigenvalue weighted by Crippen LogP contribution is -2.43. The number of anilines is 1. The number of nitrogens with zero attached hydrogens (tertiary/aromatic N) is 3. The summed E-state index contributed by atoms with van der Waals surface area (Å²) in [6, 6.07) is 13.3. The predicted octanol–water partition coefficient (Wildman–Crippen LogP) is 2.87. The van der Waals surface area contributed by atoms with Gasteiger partial charge in [-0.1, -0.05) is 11.8 Å². The molecule has 2 aliphatic heterocycles. The second-order valence-electron chi connectivity index (χ2n) is 8.20. The molecule has 0 aliphatic carbocycles. The number of carbonyl (C=O) groups excluding carboxylic acids is 1. The van der Waals surface area contributed by atoms with E-state index in [1.165, 1.54) is 12.4 Å². The Hall–Kier alpha value is -3.89. The first-order valence-electron chi connectivity index (χ1n) is 10.9. The number of benzene rings is 2. The van der Waals surface area contributed by atoms with Gasteiger partial charge in [0.1, 0.15) is 11.4 Å². The molecule has 3 heterocycles. The van der Waals surface area contributed by atoms with Gasteiger partial charge in [0.05, 0.1) is 32.0 Å². The molecule has 1 fully saturated rings. The van der Waals surface area contributed by atoms with Crippen molar-refractivity contribution in [1.82, 2.24) is 14.9 Å². The highest BCUT2D eigenvalue weighted by molar-refractivity contribution is 5.92. The molecule has 7 heteroatoms. The number of ether oxygens (including phenoxy) is 1. The van der Waals surface area contributed by atoms with Crippen LogP contribution in [0.15, 0.2) is 61.1 Å². The first kappa shape index (κ1) is 21.0. The smallest absolute Gasteiger partial charge is 0.274 e. The Labute approximate surface area is 192 Å². The standard InChI is InChI=1S/C26H24N4O3/c1-33-19-7-4-17(5-8-19)2-3-18-6-9-22-21(14-18)25-20(24(16-31)29-22)10-13-30(25)26(32)23-15-27-11-12-28-23/h4-9,11-12,14-15,20,24-25,29,31H,10,13,16H2,1H3/t20-,24+,25-/m1/s1. The number of carbonyl (C=O) groups is 1. The Bertz CT molecular complexity index is 1220. The van der Waals surface area contributed by atoms with E-state index in [4.69, 9.17) is 4.74 Å². The van der Waals surface area contributed by atoms with Gasteiger partial charge in [-0.2, -0.15) is 0 Å². The van der Waals surface area contributed by atoms with Crippen LogP contribution in [0.25, 0.3) is 0 Å². The van der Waals surface area contributed by atoms with Crippen LogP contribution < -0.4 is 10.1 Å². The number of aliphatic hydroxyl groups is 1. The summed E-state index contributed by atoms with van der Waals surface area (Å²) < 4.78 is 5.20. The van der Waals surface area contributed by atoms with Crippen LogP contribution in [0.3, 0.4) is 0 Å². The molecule has 3 atom stereocenters. The molecule has 5 rings (SSSR count). The lowest BCUT2D eigenvalue weighted by molar-refractivity contribution is 0.0694. The Morgan fingerprint density at radius 3 is 2.70 bits per heavy atom. The van der Waals surface area contributed by atoms with Crippen LogP contribution >= 0.6 is 0 Å². The average Bonchev–Trinajstić information content (AvgIpc) is 3.33. The van der Waals surface area contributed by atoms with Gasteiger partial charge in [0.15, 0.2) is 0 Å². The second kappa shape index (κ2) is 8.93. The first-order chi connectivity index (χ1) is 16.2. The molecule has 1 aromatic heterocycles. The molecule has 2 aromatic carbocycles. The molecular weight excluding hydrogens is 416 g/mol. The van der Waals surface area contributed by atoms with E-state index in [0.717, 1.165) is 34.5 Å². The molecule has 0 unspecified atom stereocenters. The minimum absolute atomic E-state index is 0.00675. The van der Waals surface area contributed by atoms with Crippen molar-refractivity contribution >= 4 is 11.6 Å². The maximum Gasteiger partial charge on any atom is 0.274 e. The summed E-state index contributed by atoms with van der Waals surface area (Å²) in [5.41, 5.74) is 4.02. The van der Waals surface area contributed by atoms with Crippen molar-refractivity contribution in [3.8, 4) is 17.6 Å². The highest BCUT2D eigenvalue weighted by Gasteiger charge is 2.46. The molecular formula is C26H24N4O3. The number of amides is 1. The number of likely N-dealkylation sites (tertiary alicyclic amines) is 1. The lowest BCUT2D eigenvalue weighted by Gasteiger charge is -2.39. The summed E-state index contributed by atoms with van der Waals surface area (Å²) in [6.45, 7) is 0.608. The van der Waals surface area contributed by atoms with Crippen molar-refractivity contribution in [2.75, 3.05) is 25.6 Å². The van der Waals surface area contributed by atoms with Crippen LogP contribution in [0.1, 0.15) is 39.6 Å². The number of aliphatic hydroxyl groups excluding tert-OH is 1. The monoisotopic (exact) mass is 440 g/mol. The van der Waals surface area contributed by atoms with Crippen molar-refractivity contribution in [1.29, 1.82) is 0 Å². The maximum atomic E-state index is 13.3. The third-order valence-corrected chi connectivity index (χ3v) is 6.35. The highest BCUT2D eigenvalue weighted by atomic mass is 16.5. The SMILES string of the molecule is COc1ccc(C#Cc2ccc3c(c2)[C@H]2[C@H](CCN2C(=O)c2cnccn2)[C@H](CO)N3)cc1. The van der Waals surface area contributed by atoms with Gasteiger partial charge in [0, 0.05) is 41.7 Å². The molecule has 0 spiro atoms. The van der Waals surface area contributed by atoms with Crippen molar-refractivity contribution < 1.29 is 14.6 Å². The van der Waals surface area contributed by atoms with Crippen molar-refractivity contribution in [2.24, 2.45) is 5.92 Å². The van der Waals surface area contributed by atoms with Crippen molar-refractivity contribution in [3.05, 3.63) is 83.4 Å². The summed E-state index contributed by atoms with van der Waals surface area (Å²) in [7, 11) is 1.64. The van der Waals surface area contributed by atoms with E-state index in [2.05, 4.69) is 27.1 Å². The van der Waals surface area contributed by atoms with Crippen LogP contribution in [-0.4, -0.2) is 52.2 Å². The van der Waals surface area contributed by atoms with Gasteiger partial charge in [-0.05, 0) is 54.4 Å². The molecule has 7 nitrogen and oxygen atoms in total. The van der Waals surface area contributed by atoms with E-state index in [1.807, 2.05) is 47.4 Å². The zero-order chi connectivity index (χ0) is 22.8. The van der Waals surface area contributed by atoms with E-state index in [0.29, 0.717) is 12.2 Å². The molecule has 0 saturated carbocycles. The van der Waals surface area contributed by atoms with Crippen LogP contribution in [-0.2, 0) is 0 Å². The fourth-order valence-electron chi connectivity index (χ4n) is 4.74.